The molecule has 1 aliphatic heterocycles. The third-order valence-corrected chi connectivity index (χ3v) is 7.03. The molecule has 0 saturated carbocycles. The Bertz CT molecular complexity index is 917. The number of carbonyl (C=O) groups is 1. The van der Waals surface area contributed by atoms with Crippen LogP contribution in [0.5, 0.6) is 11.5 Å². The summed E-state index contributed by atoms with van der Waals surface area (Å²) in [5, 5.41) is 0. The predicted molar refractivity (Wildman–Crippen MR) is 127 cm³/mol. The summed E-state index contributed by atoms with van der Waals surface area (Å²) < 4.78 is 14.7. The van der Waals surface area contributed by atoms with Crippen molar-refractivity contribution in [3.63, 3.8) is 0 Å². The molecule has 1 amide bonds. The molecule has 174 valence electrons. The number of halogens is 3. The van der Waals surface area contributed by atoms with Gasteiger partial charge in [0.25, 0.3) is 0 Å². The number of methoxy groups -OCH3 is 2. The van der Waals surface area contributed by atoms with Crippen molar-refractivity contribution in [2.75, 3.05) is 27.4 Å². The van der Waals surface area contributed by atoms with Gasteiger partial charge in [-0.05, 0) is 54.4 Å². The number of rotatable bonds is 4. The maximum Gasteiger partial charge on any atom is 0.414 e. The summed E-state index contributed by atoms with van der Waals surface area (Å²) in [5.41, 5.74) is 3.57. The Morgan fingerprint density at radius 1 is 1.12 bits per heavy atom. The van der Waals surface area contributed by atoms with Crippen LogP contribution in [0.2, 0.25) is 0 Å². The molecule has 3 aliphatic rings. The molecule has 0 spiro atoms. The van der Waals surface area contributed by atoms with Gasteiger partial charge in [-0.25, -0.2) is 4.79 Å². The van der Waals surface area contributed by atoms with Crippen molar-refractivity contribution < 1.29 is 19.0 Å². The maximum absolute atomic E-state index is 12.9. The second-order valence-electron chi connectivity index (χ2n) is 8.74. The summed E-state index contributed by atoms with van der Waals surface area (Å²) in [6, 6.07) is 6.04. The highest BCUT2D eigenvalue weighted by molar-refractivity contribution is 6.67. The van der Waals surface area contributed by atoms with Crippen LogP contribution in [0.15, 0.2) is 41.6 Å². The molecule has 0 aromatic heterocycles. The fourth-order valence-corrected chi connectivity index (χ4v) is 5.58. The maximum atomic E-state index is 12.9. The van der Waals surface area contributed by atoms with Crippen LogP contribution in [0.25, 0.3) is 0 Å². The Labute approximate surface area is 204 Å². The number of hydrogen-bond donors (Lipinski definition) is 0. The minimum absolute atomic E-state index is 0.174. The van der Waals surface area contributed by atoms with Gasteiger partial charge in [-0.1, -0.05) is 53.9 Å². The van der Waals surface area contributed by atoms with Gasteiger partial charge in [0.05, 0.1) is 14.2 Å². The van der Waals surface area contributed by atoms with Crippen LogP contribution in [-0.2, 0) is 4.74 Å². The van der Waals surface area contributed by atoms with Gasteiger partial charge < -0.3 is 14.2 Å². The number of hydrogen-bond acceptors (Lipinski definition) is 4. The molecule has 0 saturated heterocycles. The highest BCUT2D eigenvalue weighted by Crippen LogP contribution is 2.52. The van der Waals surface area contributed by atoms with E-state index in [2.05, 4.69) is 31.2 Å². The van der Waals surface area contributed by atoms with Gasteiger partial charge in [0, 0.05) is 30.1 Å². The van der Waals surface area contributed by atoms with Crippen LogP contribution in [0.1, 0.15) is 37.7 Å². The monoisotopic (exact) mass is 499 g/mol. The lowest BCUT2D eigenvalue weighted by molar-refractivity contribution is 0.0940. The standard InChI is InChI=1S/C24H28Cl3NO4/c1-14-12-28(23(29)32-13-24(25,26)27)20-6-4-5-15-7-8-19(21(14)22(15)20)16-9-17(30-2)11-18(10-16)31-3/h7-11,14-15,19,21H,4-6,12-13H2,1-3H3/t14-,15+,19+,21-/m0/s1. The molecular formula is C24H28Cl3NO4. The first kappa shape index (κ1) is 23.6. The molecule has 32 heavy (non-hydrogen) atoms. The lowest BCUT2D eigenvalue weighted by Crippen LogP contribution is -2.47. The summed E-state index contributed by atoms with van der Waals surface area (Å²) in [6.07, 6.45) is 7.14. The first-order chi connectivity index (χ1) is 15.2. The van der Waals surface area contributed by atoms with E-state index >= 15 is 0 Å². The topological polar surface area (TPSA) is 48.0 Å². The van der Waals surface area contributed by atoms with Gasteiger partial charge in [0.15, 0.2) is 0 Å². The number of alkyl halides is 3. The largest absolute Gasteiger partial charge is 0.497 e. The van der Waals surface area contributed by atoms with Gasteiger partial charge >= 0.3 is 6.09 Å². The Kier molecular flexibility index (Phi) is 6.90. The van der Waals surface area contributed by atoms with Crippen LogP contribution in [-0.4, -0.2) is 42.2 Å². The molecule has 5 nitrogen and oxygen atoms in total. The molecule has 1 aromatic rings. The zero-order chi connectivity index (χ0) is 23.0. The molecular weight excluding hydrogens is 473 g/mol. The minimum Gasteiger partial charge on any atom is -0.497 e. The average molecular weight is 501 g/mol. The second-order valence-corrected chi connectivity index (χ2v) is 11.3. The number of benzene rings is 1. The van der Waals surface area contributed by atoms with Gasteiger partial charge in [0.1, 0.15) is 18.1 Å². The predicted octanol–water partition coefficient (Wildman–Crippen LogP) is 6.49. The third-order valence-electron chi connectivity index (χ3n) is 6.71. The summed E-state index contributed by atoms with van der Waals surface area (Å²) in [7, 11) is 3.33. The molecule has 1 aromatic carbocycles. The molecule has 0 bridgehead atoms. The van der Waals surface area contributed by atoms with Crippen molar-refractivity contribution >= 4 is 40.9 Å². The van der Waals surface area contributed by atoms with E-state index in [0.29, 0.717) is 12.5 Å². The van der Waals surface area contributed by atoms with E-state index < -0.39 is 9.89 Å². The van der Waals surface area contributed by atoms with E-state index in [-0.39, 0.29) is 24.4 Å². The van der Waals surface area contributed by atoms with E-state index in [0.717, 1.165) is 42.0 Å². The summed E-state index contributed by atoms with van der Waals surface area (Å²) >= 11 is 17.4. The number of nitrogens with zero attached hydrogens (tertiary/aromatic N) is 1. The molecule has 8 heteroatoms. The number of amides is 1. The highest BCUT2D eigenvalue weighted by atomic mass is 35.6. The molecule has 4 atom stereocenters. The van der Waals surface area contributed by atoms with Crippen molar-refractivity contribution in [3.8, 4) is 11.5 Å². The van der Waals surface area contributed by atoms with Gasteiger partial charge in [-0.2, -0.15) is 0 Å². The SMILES string of the molecule is COc1cc(OC)cc([C@H]2C=C[C@H]3CCCC4=C3[C@H]2[C@@H](C)CN4C(=O)OCC(Cl)(Cl)Cl)c1. The molecule has 0 radical (unpaired) electrons. The van der Waals surface area contributed by atoms with Crippen LogP contribution in [0.4, 0.5) is 4.79 Å². The van der Waals surface area contributed by atoms with Crippen LogP contribution < -0.4 is 9.47 Å². The van der Waals surface area contributed by atoms with Gasteiger partial charge in [-0.3, -0.25) is 4.90 Å². The number of ether oxygens (including phenoxy) is 3. The van der Waals surface area contributed by atoms with E-state index in [1.165, 1.54) is 5.57 Å². The molecule has 0 N–H and O–H groups in total. The molecule has 0 fully saturated rings. The molecule has 0 unspecified atom stereocenters. The van der Waals surface area contributed by atoms with Crippen LogP contribution in [0, 0.1) is 17.8 Å². The fourth-order valence-electron chi connectivity index (χ4n) is 5.42. The van der Waals surface area contributed by atoms with E-state index in [1.807, 2.05) is 6.07 Å². The van der Waals surface area contributed by atoms with Gasteiger partial charge in [0.2, 0.25) is 3.79 Å². The van der Waals surface area contributed by atoms with Gasteiger partial charge in [-0.15, -0.1) is 0 Å². The van der Waals surface area contributed by atoms with E-state index in [1.54, 1.807) is 19.1 Å². The lowest BCUT2D eigenvalue weighted by atomic mass is 9.62. The second kappa shape index (κ2) is 9.36. The summed E-state index contributed by atoms with van der Waals surface area (Å²) in [5.74, 6) is 2.56. The Morgan fingerprint density at radius 2 is 1.81 bits per heavy atom. The third kappa shape index (κ3) is 4.71. The summed E-state index contributed by atoms with van der Waals surface area (Å²) in [4.78, 5) is 14.7. The Morgan fingerprint density at radius 3 is 2.44 bits per heavy atom. The molecule has 2 aliphatic carbocycles. The number of carbonyl (C=O) groups excluding carboxylic acids is 1. The van der Waals surface area contributed by atoms with Crippen molar-refractivity contribution in [1.29, 1.82) is 0 Å². The fraction of sp³-hybridized carbons (Fsp3) is 0.542. The van der Waals surface area contributed by atoms with E-state index in [9.17, 15) is 4.79 Å². The highest BCUT2D eigenvalue weighted by Gasteiger charge is 2.45. The zero-order valence-electron chi connectivity index (χ0n) is 18.4. The first-order valence-electron chi connectivity index (χ1n) is 10.9. The van der Waals surface area contributed by atoms with Crippen molar-refractivity contribution in [2.45, 2.75) is 35.9 Å². The summed E-state index contributed by atoms with van der Waals surface area (Å²) in [6.45, 7) is 2.49. The smallest absolute Gasteiger partial charge is 0.414 e. The minimum atomic E-state index is -1.63. The zero-order valence-corrected chi connectivity index (χ0v) is 20.7. The Balaban J connectivity index is 1.71. The first-order valence-corrected chi connectivity index (χ1v) is 12.0. The normalized spacial score (nSPS) is 27.1. The van der Waals surface area contributed by atoms with Crippen molar-refractivity contribution in [1.82, 2.24) is 4.90 Å². The van der Waals surface area contributed by atoms with Crippen LogP contribution in [0.3, 0.4) is 0 Å². The van der Waals surface area contributed by atoms with Crippen LogP contribution >= 0.6 is 34.8 Å². The average Bonchev–Trinajstić information content (AvgIpc) is 2.78. The molecule has 4 rings (SSSR count). The number of allylic oxidation sites excluding steroid dienone is 4. The van der Waals surface area contributed by atoms with Crippen molar-refractivity contribution in [3.05, 3.63) is 47.2 Å². The Hall–Kier alpha value is -1.56. The molecule has 1 heterocycles. The quantitative estimate of drug-likeness (QED) is 0.350. The van der Waals surface area contributed by atoms with E-state index in [4.69, 9.17) is 49.0 Å². The van der Waals surface area contributed by atoms with Crippen molar-refractivity contribution in [2.24, 2.45) is 17.8 Å². The lowest BCUT2D eigenvalue weighted by Gasteiger charge is -2.48.